The Bertz CT molecular complexity index is 776. The molecular weight excluding hydrogens is 358 g/mol. The second-order valence-electron chi connectivity index (χ2n) is 6.37. The van der Waals surface area contributed by atoms with Crippen molar-refractivity contribution in [1.29, 1.82) is 0 Å². The summed E-state index contributed by atoms with van der Waals surface area (Å²) >= 11 is 0. The highest BCUT2D eigenvalue weighted by Crippen LogP contribution is 2.33. The third kappa shape index (κ3) is 5.81. The molecule has 2 rings (SSSR count). The van der Waals surface area contributed by atoms with Gasteiger partial charge in [-0.3, -0.25) is 4.79 Å². The monoisotopic (exact) mass is 387 g/mol. The lowest BCUT2D eigenvalue weighted by molar-refractivity contribution is 0.112. The summed E-state index contributed by atoms with van der Waals surface area (Å²) in [6.07, 6.45) is 3.58. The van der Waals surface area contributed by atoms with Crippen LogP contribution >= 0.6 is 0 Å². The molecule has 0 heterocycles. The molecule has 152 valence electrons. The number of ether oxygens (including phenoxy) is 4. The minimum Gasteiger partial charge on any atom is -0.493 e. The molecule has 2 aromatic rings. The van der Waals surface area contributed by atoms with Gasteiger partial charge in [0, 0.05) is 24.4 Å². The zero-order chi connectivity index (χ0) is 20.4. The zero-order valence-electron chi connectivity index (χ0n) is 17.0. The maximum absolute atomic E-state index is 11.1. The number of aryl methyl sites for hydroxylation is 1. The van der Waals surface area contributed by atoms with Crippen molar-refractivity contribution in [3.05, 3.63) is 41.5 Å². The molecule has 0 saturated carbocycles. The molecule has 0 saturated heterocycles. The largest absolute Gasteiger partial charge is 0.493 e. The van der Waals surface area contributed by atoms with Crippen LogP contribution in [0.5, 0.6) is 23.0 Å². The lowest BCUT2D eigenvalue weighted by Crippen LogP contribution is -2.04. The molecule has 0 aliphatic heterocycles. The number of anilines is 1. The van der Waals surface area contributed by atoms with Crippen LogP contribution in [-0.2, 0) is 0 Å². The lowest BCUT2D eigenvalue weighted by atomic mass is 10.1. The first-order valence-corrected chi connectivity index (χ1v) is 9.38. The third-order valence-electron chi connectivity index (χ3n) is 4.36. The van der Waals surface area contributed by atoms with Gasteiger partial charge in [-0.1, -0.05) is 6.07 Å². The van der Waals surface area contributed by atoms with E-state index in [-0.39, 0.29) is 0 Å². The predicted octanol–water partition coefficient (Wildman–Crippen LogP) is 4.49. The molecule has 28 heavy (non-hydrogen) atoms. The summed E-state index contributed by atoms with van der Waals surface area (Å²) in [4.78, 5) is 11.1. The molecule has 1 N–H and O–H groups in total. The van der Waals surface area contributed by atoms with Gasteiger partial charge in [0.2, 0.25) is 0 Å². The molecule has 0 fully saturated rings. The molecular formula is C22H29NO5. The summed E-state index contributed by atoms with van der Waals surface area (Å²) in [6.45, 7) is 3.21. The Morgan fingerprint density at radius 2 is 1.50 bits per heavy atom. The van der Waals surface area contributed by atoms with E-state index in [0.717, 1.165) is 42.6 Å². The topological polar surface area (TPSA) is 66.0 Å². The van der Waals surface area contributed by atoms with Crippen LogP contribution < -0.4 is 24.3 Å². The van der Waals surface area contributed by atoms with E-state index in [0.29, 0.717) is 36.0 Å². The van der Waals surface area contributed by atoms with E-state index in [2.05, 4.69) is 5.32 Å². The first kappa shape index (κ1) is 21.4. The number of carbonyl (C=O) groups excluding carboxylic acids is 1. The molecule has 0 unspecified atom stereocenters. The predicted molar refractivity (Wildman–Crippen MR) is 111 cm³/mol. The normalized spacial score (nSPS) is 10.3. The van der Waals surface area contributed by atoms with Gasteiger partial charge in [0.15, 0.2) is 29.3 Å². The average molecular weight is 387 g/mol. The first-order valence-electron chi connectivity index (χ1n) is 9.38. The second kappa shape index (κ2) is 11.1. The number of hydrogen-bond donors (Lipinski definition) is 1. The van der Waals surface area contributed by atoms with Gasteiger partial charge in [0.05, 0.1) is 27.4 Å². The van der Waals surface area contributed by atoms with Crippen molar-refractivity contribution in [3.8, 4) is 23.0 Å². The highest BCUT2D eigenvalue weighted by Gasteiger charge is 2.10. The summed E-state index contributed by atoms with van der Waals surface area (Å²) in [5, 5.41) is 2.99. The Hall–Kier alpha value is -2.89. The molecule has 0 amide bonds. The van der Waals surface area contributed by atoms with Gasteiger partial charge in [0.1, 0.15) is 0 Å². The van der Waals surface area contributed by atoms with Gasteiger partial charge in [0.25, 0.3) is 0 Å². The molecule has 0 spiro atoms. The Morgan fingerprint density at radius 1 is 0.857 bits per heavy atom. The molecule has 0 aliphatic carbocycles. The highest BCUT2D eigenvalue weighted by molar-refractivity contribution is 5.86. The second-order valence-corrected chi connectivity index (χ2v) is 6.37. The number of aldehydes is 1. The number of hydrogen-bond acceptors (Lipinski definition) is 6. The van der Waals surface area contributed by atoms with Crippen LogP contribution in [0, 0.1) is 6.92 Å². The van der Waals surface area contributed by atoms with E-state index in [1.165, 1.54) is 0 Å². The Morgan fingerprint density at radius 3 is 2.11 bits per heavy atom. The molecule has 6 nitrogen and oxygen atoms in total. The minimum absolute atomic E-state index is 0.537. The summed E-state index contributed by atoms with van der Waals surface area (Å²) in [5.41, 5.74) is 2.39. The molecule has 0 aromatic heterocycles. The molecule has 0 atom stereocenters. The van der Waals surface area contributed by atoms with E-state index in [1.54, 1.807) is 33.4 Å². The number of methoxy groups -OCH3 is 2. The number of carbonyl (C=O) groups is 1. The fourth-order valence-corrected chi connectivity index (χ4v) is 2.80. The van der Waals surface area contributed by atoms with Crippen LogP contribution in [0.15, 0.2) is 30.3 Å². The van der Waals surface area contributed by atoms with Gasteiger partial charge in [-0.2, -0.15) is 0 Å². The summed E-state index contributed by atoms with van der Waals surface area (Å²) in [7, 11) is 4.97. The smallest absolute Gasteiger partial charge is 0.163 e. The van der Waals surface area contributed by atoms with Gasteiger partial charge in [-0.15, -0.1) is 0 Å². The van der Waals surface area contributed by atoms with E-state index in [9.17, 15) is 4.79 Å². The van der Waals surface area contributed by atoms with Crippen molar-refractivity contribution >= 4 is 12.0 Å². The van der Waals surface area contributed by atoms with E-state index in [1.807, 2.05) is 25.1 Å². The Kier molecular flexibility index (Phi) is 8.46. The number of rotatable bonds is 12. The van der Waals surface area contributed by atoms with Crippen molar-refractivity contribution in [2.45, 2.75) is 26.2 Å². The maximum Gasteiger partial charge on any atom is 0.163 e. The molecule has 0 radical (unpaired) electrons. The maximum atomic E-state index is 11.1. The summed E-state index contributed by atoms with van der Waals surface area (Å²) < 4.78 is 22.3. The van der Waals surface area contributed by atoms with Crippen LogP contribution in [-0.4, -0.2) is 40.8 Å². The fraction of sp³-hybridized carbons (Fsp3) is 0.409. The van der Waals surface area contributed by atoms with Crippen molar-refractivity contribution in [1.82, 2.24) is 0 Å². The van der Waals surface area contributed by atoms with Crippen molar-refractivity contribution in [2.24, 2.45) is 0 Å². The molecule has 2 aromatic carbocycles. The number of unbranched alkanes of at least 4 members (excludes halogenated alkanes) is 2. The Balaban J connectivity index is 1.75. The van der Waals surface area contributed by atoms with Crippen molar-refractivity contribution < 1.29 is 23.7 Å². The number of nitrogens with one attached hydrogen (secondary N) is 1. The van der Waals surface area contributed by atoms with E-state index in [4.69, 9.17) is 18.9 Å². The van der Waals surface area contributed by atoms with Crippen LogP contribution in [0.2, 0.25) is 0 Å². The summed E-state index contributed by atoms with van der Waals surface area (Å²) in [5.74, 6) is 2.70. The quantitative estimate of drug-likeness (QED) is 0.427. The fourth-order valence-electron chi connectivity index (χ4n) is 2.80. The average Bonchev–Trinajstić information content (AvgIpc) is 2.73. The van der Waals surface area contributed by atoms with E-state index >= 15 is 0 Å². The van der Waals surface area contributed by atoms with Gasteiger partial charge >= 0.3 is 0 Å². The van der Waals surface area contributed by atoms with Crippen molar-refractivity contribution in [2.75, 3.05) is 39.8 Å². The lowest BCUT2D eigenvalue weighted by Gasteiger charge is -2.14. The standard InChI is InChI=1S/C22H29NO5/c1-16-8-9-19(20(12-16)25-3)27-10-6-5-7-11-28-22-14-18(23-2)17(15-24)13-21(22)26-4/h8-9,12-15,23H,5-7,10-11H2,1-4H3. The third-order valence-corrected chi connectivity index (χ3v) is 4.36. The Labute approximate surface area is 166 Å². The van der Waals surface area contributed by atoms with Gasteiger partial charge < -0.3 is 24.3 Å². The van der Waals surface area contributed by atoms with Crippen LogP contribution in [0.1, 0.15) is 35.2 Å². The number of benzene rings is 2. The summed E-state index contributed by atoms with van der Waals surface area (Å²) in [6, 6.07) is 9.37. The SMILES string of the molecule is CNc1cc(OCCCCCOc2ccc(C)cc2OC)c(OC)cc1C=O. The van der Waals surface area contributed by atoms with Crippen LogP contribution in [0.4, 0.5) is 5.69 Å². The van der Waals surface area contributed by atoms with Crippen LogP contribution in [0.25, 0.3) is 0 Å². The van der Waals surface area contributed by atoms with Gasteiger partial charge in [-0.05, 0) is 49.9 Å². The van der Waals surface area contributed by atoms with Crippen molar-refractivity contribution in [3.63, 3.8) is 0 Å². The van der Waals surface area contributed by atoms with Crippen LogP contribution in [0.3, 0.4) is 0 Å². The molecule has 0 aliphatic rings. The van der Waals surface area contributed by atoms with Gasteiger partial charge in [-0.25, -0.2) is 0 Å². The minimum atomic E-state index is 0.537. The molecule has 0 bridgehead atoms. The van der Waals surface area contributed by atoms with E-state index < -0.39 is 0 Å². The molecule has 6 heteroatoms. The zero-order valence-corrected chi connectivity index (χ0v) is 17.0. The first-order chi connectivity index (χ1) is 13.6. The highest BCUT2D eigenvalue weighted by atomic mass is 16.5.